The summed E-state index contributed by atoms with van der Waals surface area (Å²) in [6.07, 6.45) is 2.11. The van der Waals surface area contributed by atoms with Crippen molar-refractivity contribution in [3.63, 3.8) is 0 Å². The zero-order valence-corrected chi connectivity index (χ0v) is 29.5. The number of benzene rings is 1. The van der Waals surface area contributed by atoms with E-state index in [9.17, 15) is 10.4 Å². The van der Waals surface area contributed by atoms with Crippen LogP contribution < -0.4 is 14.7 Å². The summed E-state index contributed by atoms with van der Waals surface area (Å²) in [5, 5.41) is 26.9. The van der Waals surface area contributed by atoms with Gasteiger partial charge in [0, 0.05) is 36.8 Å². The highest BCUT2D eigenvalue weighted by molar-refractivity contribution is 7.42. The van der Waals surface area contributed by atoms with Gasteiger partial charge in [0.15, 0.2) is 0 Å². The number of hydrogen-bond acceptors (Lipinski definition) is 5. The molecule has 2 aliphatic rings. The molecule has 1 aromatic carbocycles. The van der Waals surface area contributed by atoms with Gasteiger partial charge in [0.2, 0.25) is 0 Å². The molecule has 2 heterocycles. The van der Waals surface area contributed by atoms with Gasteiger partial charge in [-0.2, -0.15) is 0 Å². The van der Waals surface area contributed by atoms with E-state index in [1.807, 2.05) is 55.4 Å². The summed E-state index contributed by atoms with van der Waals surface area (Å²) in [5.41, 5.74) is 1.15. The number of piperidine rings is 2. The monoisotopic (exact) mass is 594 g/mol. The highest BCUT2D eigenvalue weighted by Crippen LogP contribution is 2.52. The lowest BCUT2D eigenvalue weighted by Crippen LogP contribution is -3.23. The lowest BCUT2D eigenvalue weighted by molar-refractivity contribution is -0.956. The molecule has 0 amide bonds. The average Bonchev–Trinajstić information content (AvgIpc) is 2.74. The van der Waals surface area contributed by atoms with Crippen molar-refractivity contribution in [2.24, 2.45) is 0 Å². The van der Waals surface area contributed by atoms with E-state index < -0.39 is 30.8 Å². The minimum Gasteiger partial charge on any atom is -0.634 e. The first-order valence-corrected chi connectivity index (χ1v) is 16.4. The molecule has 0 unspecified atom stereocenters. The SMILES string of the molecule is Cc1cc(C(C)(C)C)c(OP(OC2CC(C)(C)[NH+]([O-])C(C)(C)C2)OC2CC(C)(C)[NH+]([O-])C(C)(C)C2)c(C(C)(C)C)c1. The Hall–Kier alpha value is -0.790. The fraction of sp³-hybridized carbons (Fsp3) is 0.818. The first kappa shape index (κ1) is 34.7. The smallest absolute Gasteiger partial charge is 0.397 e. The normalized spacial score (nSPS) is 30.1. The Morgan fingerprint density at radius 3 is 1.22 bits per heavy atom. The molecular weight excluding hydrogens is 535 g/mol. The summed E-state index contributed by atoms with van der Waals surface area (Å²) >= 11 is 0. The second-order valence-corrected chi connectivity index (χ2v) is 18.5. The summed E-state index contributed by atoms with van der Waals surface area (Å²) < 4.78 is 20.6. The molecule has 2 saturated heterocycles. The summed E-state index contributed by atoms with van der Waals surface area (Å²) in [6, 6.07) is 4.43. The summed E-state index contributed by atoms with van der Waals surface area (Å²) in [4.78, 5) is 0. The largest absolute Gasteiger partial charge is 0.634 e. The number of rotatable bonds is 6. The molecule has 236 valence electrons. The van der Waals surface area contributed by atoms with Crippen LogP contribution >= 0.6 is 8.60 Å². The summed E-state index contributed by atoms with van der Waals surface area (Å²) in [5.74, 6) is 0.831. The number of hydroxylamine groups is 4. The first-order chi connectivity index (χ1) is 18.3. The van der Waals surface area contributed by atoms with Crippen molar-refractivity contribution in [1.29, 1.82) is 0 Å². The molecule has 0 radical (unpaired) electrons. The van der Waals surface area contributed by atoms with Crippen molar-refractivity contribution in [2.45, 2.75) is 175 Å². The van der Waals surface area contributed by atoms with Crippen LogP contribution in [0.25, 0.3) is 0 Å². The van der Waals surface area contributed by atoms with E-state index in [2.05, 4.69) is 60.6 Å². The maximum absolute atomic E-state index is 13.2. The molecule has 1 aromatic rings. The minimum absolute atomic E-state index is 0.162. The predicted molar refractivity (Wildman–Crippen MR) is 169 cm³/mol. The number of quaternary nitrogens is 2. The first-order valence-electron chi connectivity index (χ1n) is 15.3. The second kappa shape index (κ2) is 11.3. The molecule has 0 aliphatic carbocycles. The van der Waals surface area contributed by atoms with E-state index in [0.29, 0.717) is 25.7 Å². The Balaban J connectivity index is 2.07. The van der Waals surface area contributed by atoms with Crippen LogP contribution in [0.5, 0.6) is 5.75 Å². The van der Waals surface area contributed by atoms with Crippen molar-refractivity contribution in [2.75, 3.05) is 0 Å². The molecule has 41 heavy (non-hydrogen) atoms. The molecule has 7 nitrogen and oxygen atoms in total. The molecular formula is C33H59N2O5P. The van der Waals surface area contributed by atoms with E-state index in [0.717, 1.165) is 16.9 Å². The summed E-state index contributed by atoms with van der Waals surface area (Å²) in [6.45, 7) is 31.5. The maximum atomic E-state index is 13.2. The number of nitrogens with one attached hydrogen (secondary N) is 2. The van der Waals surface area contributed by atoms with Crippen LogP contribution in [-0.2, 0) is 19.9 Å². The van der Waals surface area contributed by atoms with Crippen LogP contribution in [0.4, 0.5) is 0 Å². The van der Waals surface area contributed by atoms with Crippen LogP contribution in [0.2, 0.25) is 0 Å². The van der Waals surface area contributed by atoms with Gasteiger partial charge in [0.25, 0.3) is 0 Å². The van der Waals surface area contributed by atoms with E-state index in [1.165, 1.54) is 5.56 Å². The Morgan fingerprint density at radius 1 is 0.659 bits per heavy atom. The third-order valence-corrected chi connectivity index (χ3v) is 10.2. The molecule has 0 aromatic heterocycles. The van der Waals surface area contributed by atoms with Gasteiger partial charge in [0.1, 0.15) is 5.75 Å². The maximum Gasteiger partial charge on any atom is 0.397 e. The van der Waals surface area contributed by atoms with Gasteiger partial charge in [-0.3, -0.25) is 9.05 Å². The van der Waals surface area contributed by atoms with Crippen LogP contribution in [0, 0.1) is 17.3 Å². The lowest BCUT2D eigenvalue weighted by atomic mass is 9.78. The predicted octanol–water partition coefficient (Wildman–Crippen LogP) is 6.43. The molecule has 2 fully saturated rings. The average molecular weight is 595 g/mol. The Kier molecular flexibility index (Phi) is 9.55. The lowest BCUT2D eigenvalue weighted by Gasteiger charge is -2.55. The molecule has 0 saturated carbocycles. The molecule has 2 N–H and O–H groups in total. The topological polar surface area (TPSA) is 82.7 Å². The second-order valence-electron chi connectivity index (χ2n) is 17.5. The molecule has 2 aliphatic heterocycles. The molecule has 0 bridgehead atoms. The summed E-state index contributed by atoms with van der Waals surface area (Å²) in [7, 11) is -1.84. The van der Waals surface area contributed by atoms with Crippen molar-refractivity contribution >= 4 is 8.60 Å². The molecule has 0 atom stereocenters. The molecule has 8 heteroatoms. The number of aryl methyl sites for hydroxylation is 1. The van der Waals surface area contributed by atoms with Crippen molar-refractivity contribution in [3.05, 3.63) is 39.2 Å². The van der Waals surface area contributed by atoms with Gasteiger partial charge in [-0.1, -0.05) is 59.2 Å². The molecule has 0 spiro atoms. The van der Waals surface area contributed by atoms with Crippen LogP contribution in [0.3, 0.4) is 0 Å². The van der Waals surface area contributed by atoms with Crippen LogP contribution in [0.15, 0.2) is 12.1 Å². The fourth-order valence-corrected chi connectivity index (χ4v) is 8.41. The zero-order chi connectivity index (χ0) is 31.6. The van der Waals surface area contributed by atoms with Gasteiger partial charge in [-0.15, -0.1) is 0 Å². The Morgan fingerprint density at radius 2 is 0.951 bits per heavy atom. The highest BCUT2D eigenvalue weighted by Gasteiger charge is 2.49. The standard InChI is InChI=1S/C33H59N2O5P/c1-22-16-25(28(2,3)4)27(26(17-22)29(5,6)7)40-41(38-23-18-30(8,9)34(36)31(10,11)19-23)39-24-20-32(12,13)35(37)33(14,15)21-24/h16-17,23-24,34-35H,18-21H2,1-15H3. The highest BCUT2D eigenvalue weighted by atomic mass is 31.2. The van der Waals surface area contributed by atoms with Crippen molar-refractivity contribution in [3.8, 4) is 5.75 Å². The van der Waals surface area contributed by atoms with E-state index in [1.54, 1.807) is 0 Å². The Bertz CT molecular complexity index is 971. The van der Waals surface area contributed by atoms with Crippen LogP contribution in [-0.4, -0.2) is 34.4 Å². The van der Waals surface area contributed by atoms with E-state index in [-0.39, 0.29) is 33.2 Å². The number of hydrogen-bond donors (Lipinski definition) is 2. The van der Waals surface area contributed by atoms with Gasteiger partial charge < -0.3 is 25.1 Å². The van der Waals surface area contributed by atoms with E-state index in [4.69, 9.17) is 13.6 Å². The van der Waals surface area contributed by atoms with Gasteiger partial charge >= 0.3 is 8.60 Å². The van der Waals surface area contributed by atoms with Crippen molar-refractivity contribution in [1.82, 2.24) is 0 Å². The third kappa shape index (κ3) is 7.84. The fourth-order valence-electron chi connectivity index (χ4n) is 7.14. The van der Waals surface area contributed by atoms with Crippen LogP contribution in [0.1, 0.15) is 139 Å². The van der Waals surface area contributed by atoms with Crippen molar-refractivity contribution < 1.29 is 23.7 Å². The van der Waals surface area contributed by atoms with E-state index >= 15 is 0 Å². The Labute approximate surface area is 251 Å². The quantitative estimate of drug-likeness (QED) is 0.293. The zero-order valence-electron chi connectivity index (χ0n) is 28.6. The third-order valence-electron chi connectivity index (χ3n) is 8.90. The van der Waals surface area contributed by atoms with Gasteiger partial charge in [-0.05, 0) is 73.1 Å². The van der Waals surface area contributed by atoms with Gasteiger partial charge in [0.05, 0.1) is 34.4 Å². The molecule has 3 rings (SSSR count). The van der Waals surface area contributed by atoms with Gasteiger partial charge in [-0.25, -0.2) is 0 Å². The minimum atomic E-state index is -1.84.